The number of unbranched alkanes of at least 4 members (excludes halogenated alkanes) is 5. The van der Waals surface area contributed by atoms with Gasteiger partial charge in [0.05, 0.1) is 11.3 Å². The van der Waals surface area contributed by atoms with Gasteiger partial charge in [0.1, 0.15) is 18.5 Å². The van der Waals surface area contributed by atoms with Gasteiger partial charge in [0, 0.05) is 18.0 Å². The zero-order chi connectivity index (χ0) is 30.0. The number of benzene rings is 1. The van der Waals surface area contributed by atoms with E-state index in [1.54, 1.807) is 12.1 Å². The number of nitrogens with zero attached hydrogens (tertiary/aromatic N) is 3. The van der Waals surface area contributed by atoms with Crippen molar-refractivity contribution in [3.05, 3.63) is 59.0 Å². The summed E-state index contributed by atoms with van der Waals surface area (Å²) in [7, 11) is 0. The molecular formula is C28H32F4N4O4S. The van der Waals surface area contributed by atoms with E-state index >= 15 is 0 Å². The van der Waals surface area contributed by atoms with Crippen molar-refractivity contribution >= 4 is 34.2 Å². The lowest BCUT2D eigenvalue weighted by atomic mass is 9.99. The average Bonchev–Trinajstić information content (AvgIpc) is 3.31. The number of aliphatic carboxylic acids is 1. The minimum Gasteiger partial charge on any atom is -0.480 e. The number of nitrogens with one attached hydrogen (secondary N) is 1. The van der Waals surface area contributed by atoms with Gasteiger partial charge in [-0.1, -0.05) is 56.4 Å². The molecule has 3 aromatic rings. The Balaban J connectivity index is 1.95. The number of anilines is 2. The third-order valence-corrected chi connectivity index (χ3v) is 7.12. The molecule has 1 aromatic carbocycles. The van der Waals surface area contributed by atoms with Gasteiger partial charge in [-0.15, -0.1) is 0 Å². The van der Waals surface area contributed by atoms with E-state index in [1.165, 1.54) is 31.5 Å². The Morgan fingerprint density at radius 1 is 1.15 bits per heavy atom. The molecule has 0 aliphatic heterocycles. The highest BCUT2D eigenvalue weighted by molar-refractivity contribution is 7.14. The Bertz CT molecular complexity index is 1300. The van der Waals surface area contributed by atoms with Crippen molar-refractivity contribution in [3.8, 4) is 11.3 Å². The van der Waals surface area contributed by atoms with Gasteiger partial charge >= 0.3 is 18.2 Å². The summed E-state index contributed by atoms with van der Waals surface area (Å²) in [5.41, 5.74) is -0.883. The van der Waals surface area contributed by atoms with Crippen molar-refractivity contribution in [2.45, 2.75) is 71.0 Å². The summed E-state index contributed by atoms with van der Waals surface area (Å²) in [6, 6.07) is 5.51. The Morgan fingerprint density at radius 2 is 1.88 bits per heavy atom. The van der Waals surface area contributed by atoms with E-state index in [0.29, 0.717) is 23.3 Å². The number of ether oxygens (including phenoxy) is 1. The van der Waals surface area contributed by atoms with Crippen LogP contribution in [0.25, 0.3) is 11.3 Å². The number of aromatic nitrogens is 2. The summed E-state index contributed by atoms with van der Waals surface area (Å²) >= 11 is 0.450. The van der Waals surface area contributed by atoms with Crippen LogP contribution in [0.2, 0.25) is 0 Å². The molecule has 2 aromatic heterocycles. The lowest BCUT2D eigenvalue weighted by Gasteiger charge is -2.22. The lowest BCUT2D eigenvalue weighted by Crippen LogP contribution is -2.38. The highest BCUT2D eigenvalue weighted by Crippen LogP contribution is 2.39. The number of carbonyl (C=O) groups excluding carboxylic acids is 1. The molecule has 8 nitrogen and oxygen atoms in total. The summed E-state index contributed by atoms with van der Waals surface area (Å²) in [5.74, 6) is -1.20. The predicted molar refractivity (Wildman–Crippen MR) is 148 cm³/mol. The highest BCUT2D eigenvalue weighted by atomic mass is 32.1. The zero-order valence-corrected chi connectivity index (χ0v) is 23.5. The number of rotatable bonds is 14. The molecule has 3 rings (SSSR count). The smallest absolute Gasteiger partial charge is 0.422 e. The first-order chi connectivity index (χ1) is 19.5. The molecule has 0 saturated heterocycles. The van der Waals surface area contributed by atoms with Gasteiger partial charge in [-0.2, -0.15) is 17.6 Å². The van der Waals surface area contributed by atoms with Crippen LogP contribution < -0.4 is 10.2 Å². The van der Waals surface area contributed by atoms with E-state index in [4.69, 9.17) is 9.84 Å². The summed E-state index contributed by atoms with van der Waals surface area (Å²) in [4.78, 5) is 33.1. The number of alkyl halides is 3. The number of aryl methyl sites for hydroxylation is 1. The van der Waals surface area contributed by atoms with Crippen molar-refractivity contribution in [3.63, 3.8) is 0 Å². The lowest BCUT2D eigenvalue weighted by molar-refractivity contribution is -0.139. The first kappa shape index (κ1) is 31.9. The zero-order valence-electron chi connectivity index (χ0n) is 22.7. The average molecular weight is 597 g/mol. The minimum absolute atomic E-state index is 0.0865. The number of amides is 1. The van der Waals surface area contributed by atoms with Gasteiger partial charge in [-0.05, 0) is 49.6 Å². The van der Waals surface area contributed by atoms with Crippen LogP contribution in [0.3, 0.4) is 0 Å². The van der Waals surface area contributed by atoms with Crippen molar-refractivity contribution < 1.29 is 37.0 Å². The SMILES string of the molecule is CCCCCCCCc1ccc(N(C(=O)OCNC(C)C(=O)O)c2nc(-c3cccnc3)c(F)s2)cc1C(F)(F)F. The summed E-state index contributed by atoms with van der Waals surface area (Å²) in [6.45, 7) is 2.85. The maximum absolute atomic E-state index is 15.0. The molecular weight excluding hydrogens is 564 g/mol. The number of halogens is 4. The monoisotopic (exact) mass is 596 g/mol. The third-order valence-electron chi connectivity index (χ3n) is 6.30. The van der Waals surface area contributed by atoms with Crippen LogP contribution in [0.4, 0.5) is 33.2 Å². The van der Waals surface area contributed by atoms with Gasteiger partial charge in [0.15, 0.2) is 0 Å². The largest absolute Gasteiger partial charge is 0.480 e. The molecule has 0 bridgehead atoms. The standard InChI is InChI=1S/C28H32F4N4O4S/c1-3-4-5-6-7-8-10-19-12-13-21(15-22(19)28(30,31)32)36(27(39)40-17-34-18(2)25(37)38)26-35-23(24(29)41-26)20-11-9-14-33-16-20/h9,11-16,18,34H,3-8,10,17H2,1-2H3,(H,37,38). The molecule has 2 heterocycles. The number of carbonyl (C=O) groups is 2. The Kier molecular flexibility index (Phi) is 11.6. The van der Waals surface area contributed by atoms with E-state index in [-0.39, 0.29) is 28.5 Å². The fraction of sp³-hybridized carbons (Fsp3) is 0.429. The molecule has 1 atom stereocenters. The maximum atomic E-state index is 15.0. The number of carboxylic acids is 1. The quantitative estimate of drug-likeness (QED) is 0.112. The Morgan fingerprint density at radius 3 is 2.54 bits per heavy atom. The fourth-order valence-electron chi connectivity index (χ4n) is 4.02. The predicted octanol–water partition coefficient (Wildman–Crippen LogP) is 7.56. The summed E-state index contributed by atoms with van der Waals surface area (Å²) < 4.78 is 62.5. The fourth-order valence-corrected chi connectivity index (χ4v) is 4.85. The molecule has 2 N–H and O–H groups in total. The van der Waals surface area contributed by atoms with E-state index in [1.807, 2.05) is 0 Å². The number of hydrogen-bond acceptors (Lipinski definition) is 7. The Hall–Kier alpha value is -3.58. The van der Waals surface area contributed by atoms with Crippen molar-refractivity contribution in [1.29, 1.82) is 0 Å². The van der Waals surface area contributed by atoms with Crippen LogP contribution in [0.1, 0.15) is 63.5 Å². The van der Waals surface area contributed by atoms with Gasteiger partial charge < -0.3 is 9.84 Å². The molecule has 0 spiro atoms. The van der Waals surface area contributed by atoms with Gasteiger partial charge in [-0.3, -0.25) is 15.1 Å². The van der Waals surface area contributed by atoms with E-state index < -0.39 is 41.7 Å². The van der Waals surface area contributed by atoms with Crippen molar-refractivity contribution in [2.75, 3.05) is 11.6 Å². The highest BCUT2D eigenvalue weighted by Gasteiger charge is 2.35. The van der Waals surface area contributed by atoms with Crippen LogP contribution in [-0.4, -0.2) is 39.9 Å². The molecule has 0 aliphatic rings. The second-order valence-corrected chi connectivity index (χ2v) is 10.3. The van der Waals surface area contributed by atoms with E-state index in [9.17, 15) is 27.2 Å². The normalized spacial score (nSPS) is 12.2. The Labute approximate surface area is 239 Å². The molecule has 0 aliphatic carbocycles. The number of carboxylic acid groups (broad SMARTS) is 1. The van der Waals surface area contributed by atoms with Gasteiger partial charge in [-0.25, -0.2) is 14.7 Å². The first-order valence-electron chi connectivity index (χ1n) is 13.2. The number of hydrogen-bond donors (Lipinski definition) is 2. The van der Waals surface area contributed by atoms with Crippen LogP contribution in [0, 0.1) is 5.13 Å². The maximum Gasteiger partial charge on any atom is 0.422 e. The van der Waals surface area contributed by atoms with Crippen LogP contribution in [-0.2, 0) is 22.1 Å². The van der Waals surface area contributed by atoms with Crippen LogP contribution in [0.15, 0.2) is 42.7 Å². The molecule has 13 heteroatoms. The van der Waals surface area contributed by atoms with Crippen LogP contribution >= 0.6 is 11.3 Å². The molecule has 1 unspecified atom stereocenters. The third kappa shape index (κ3) is 8.95. The molecule has 0 radical (unpaired) electrons. The molecule has 0 saturated carbocycles. The first-order valence-corrected chi connectivity index (χ1v) is 14.0. The van der Waals surface area contributed by atoms with Gasteiger partial charge in [0.25, 0.3) is 0 Å². The molecule has 222 valence electrons. The number of thiazole rings is 1. The summed E-state index contributed by atoms with van der Waals surface area (Å²) in [6.07, 6.45) is 2.68. The van der Waals surface area contributed by atoms with E-state index in [2.05, 4.69) is 22.2 Å². The number of pyridine rings is 1. The summed E-state index contributed by atoms with van der Waals surface area (Å²) in [5, 5.41) is 10.4. The molecule has 41 heavy (non-hydrogen) atoms. The topological polar surface area (TPSA) is 105 Å². The van der Waals surface area contributed by atoms with Gasteiger partial charge in [0.2, 0.25) is 10.3 Å². The van der Waals surface area contributed by atoms with E-state index in [0.717, 1.165) is 43.1 Å². The molecule has 1 amide bonds. The minimum atomic E-state index is -4.71. The van der Waals surface area contributed by atoms with Crippen LogP contribution in [0.5, 0.6) is 0 Å². The molecule has 0 fully saturated rings. The van der Waals surface area contributed by atoms with Crippen molar-refractivity contribution in [1.82, 2.24) is 15.3 Å². The second kappa shape index (κ2) is 14.9. The second-order valence-electron chi connectivity index (χ2n) is 9.37. The van der Waals surface area contributed by atoms with Crippen molar-refractivity contribution in [2.24, 2.45) is 0 Å².